The Morgan fingerprint density at radius 1 is 1.21 bits per heavy atom. The topological polar surface area (TPSA) is 86.6 Å². The van der Waals surface area contributed by atoms with Crippen LogP contribution in [0.5, 0.6) is 0 Å². The lowest BCUT2D eigenvalue weighted by Gasteiger charge is -2.13. The molecule has 0 amide bonds. The molecule has 2 unspecified atom stereocenters. The summed E-state index contributed by atoms with van der Waals surface area (Å²) in [5.41, 5.74) is -0.653. The monoisotopic (exact) mass is 271 g/mol. The van der Waals surface area contributed by atoms with E-state index in [-0.39, 0.29) is 18.5 Å². The summed E-state index contributed by atoms with van der Waals surface area (Å²) in [4.78, 5) is 21.6. The van der Waals surface area contributed by atoms with E-state index in [0.717, 1.165) is 6.07 Å². The summed E-state index contributed by atoms with van der Waals surface area (Å²) < 4.78 is 26.9. The molecule has 5 nitrogen and oxygen atoms in total. The molecule has 0 bridgehead atoms. The number of carboxylic acid groups (broad SMARTS) is 2. The number of nitrogens with one attached hydrogen (secondary N) is 1. The summed E-state index contributed by atoms with van der Waals surface area (Å²) >= 11 is 0. The van der Waals surface area contributed by atoms with Crippen molar-refractivity contribution in [1.82, 2.24) is 5.32 Å². The van der Waals surface area contributed by atoms with Gasteiger partial charge in [-0.25, -0.2) is 13.6 Å². The third-order valence-electron chi connectivity index (χ3n) is 3.17. The van der Waals surface area contributed by atoms with Crippen LogP contribution in [-0.2, 0) is 4.79 Å². The molecule has 1 aromatic carbocycles. The lowest BCUT2D eigenvalue weighted by Crippen LogP contribution is -2.18. The first kappa shape index (κ1) is 13.4. The molecular formula is C12H11F2NO4. The fourth-order valence-electron chi connectivity index (χ4n) is 2.16. The van der Waals surface area contributed by atoms with E-state index in [2.05, 4.69) is 5.32 Å². The molecule has 7 heteroatoms. The number of hydrogen-bond donors (Lipinski definition) is 3. The Kier molecular flexibility index (Phi) is 3.48. The molecule has 102 valence electrons. The number of hydrogen-bond acceptors (Lipinski definition) is 3. The van der Waals surface area contributed by atoms with Crippen LogP contribution in [0.25, 0.3) is 0 Å². The van der Waals surface area contributed by atoms with E-state index in [1.54, 1.807) is 0 Å². The van der Waals surface area contributed by atoms with Gasteiger partial charge in [0.1, 0.15) is 11.6 Å². The average molecular weight is 271 g/mol. The number of aliphatic carboxylic acids is 1. The van der Waals surface area contributed by atoms with E-state index in [4.69, 9.17) is 10.2 Å². The number of rotatable bonds is 3. The van der Waals surface area contributed by atoms with Crippen molar-refractivity contribution >= 4 is 11.9 Å². The molecule has 1 aliphatic rings. The predicted molar refractivity (Wildman–Crippen MR) is 59.8 cm³/mol. The zero-order valence-corrected chi connectivity index (χ0v) is 9.69. The minimum absolute atomic E-state index is 0.0254. The third kappa shape index (κ3) is 2.55. The average Bonchev–Trinajstić information content (AvgIpc) is 2.77. The van der Waals surface area contributed by atoms with E-state index in [1.165, 1.54) is 0 Å². The number of halogens is 2. The Morgan fingerprint density at radius 3 is 2.42 bits per heavy atom. The van der Waals surface area contributed by atoms with Crippen molar-refractivity contribution in [3.8, 4) is 0 Å². The lowest BCUT2D eigenvalue weighted by atomic mass is 9.98. The molecule has 1 saturated heterocycles. The van der Waals surface area contributed by atoms with Crippen LogP contribution in [0.1, 0.15) is 28.4 Å². The van der Waals surface area contributed by atoms with E-state index >= 15 is 0 Å². The van der Waals surface area contributed by atoms with Gasteiger partial charge >= 0.3 is 11.9 Å². The molecule has 19 heavy (non-hydrogen) atoms. The molecule has 0 aliphatic carbocycles. The summed E-state index contributed by atoms with van der Waals surface area (Å²) in [7, 11) is 0. The second-order valence-electron chi connectivity index (χ2n) is 4.39. The SMILES string of the molecule is O=C(O)c1cc(C2CC(C(=O)O)CN2)c(F)cc1F. The van der Waals surface area contributed by atoms with Gasteiger partial charge in [-0.15, -0.1) is 0 Å². The van der Waals surface area contributed by atoms with Crippen LogP contribution >= 0.6 is 0 Å². The molecule has 0 saturated carbocycles. The lowest BCUT2D eigenvalue weighted by molar-refractivity contribution is -0.141. The normalized spacial score (nSPS) is 22.4. The largest absolute Gasteiger partial charge is 0.481 e. The van der Waals surface area contributed by atoms with Crippen molar-refractivity contribution in [2.45, 2.75) is 12.5 Å². The number of carbonyl (C=O) groups is 2. The predicted octanol–water partition coefficient (Wildman–Crippen LogP) is 1.40. The van der Waals surface area contributed by atoms with Crippen molar-refractivity contribution in [1.29, 1.82) is 0 Å². The highest BCUT2D eigenvalue weighted by Gasteiger charge is 2.32. The van der Waals surface area contributed by atoms with Crippen LogP contribution in [0.4, 0.5) is 8.78 Å². The summed E-state index contributed by atoms with van der Waals surface area (Å²) in [5.74, 6) is -5.20. The second kappa shape index (κ2) is 4.93. The van der Waals surface area contributed by atoms with Gasteiger partial charge in [0.2, 0.25) is 0 Å². The van der Waals surface area contributed by atoms with E-state index in [1.807, 2.05) is 0 Å². The summed E-state index contributed by atoms with van der Waals surface area (Å²) in [6.45, 7) is 0.166. The first-order valence-corrected chi connectivity index (χ1v) is 5.58. The molecule has 1 fully saturated rings. The highest BCUT2D eigenvalue weighted by molar-refractivity contribution is 5.88. The summed E-state index contributed by atoms with van der Waals surface area (Å²) in [6, 6.07) is 0.795. The van der Waals surface area contributed by atoms with Gasteiger partial charge in [0, 0.05) is 24.2 Å². The molecule has 1 heterocycles. The zero-order valence-electron chi connectivity index (χ0n) is 9.69. The van der Waals surface area contributed by atoms with Crippen molar-refractivity contribution in [3.05, 3.63) is 34.9 Å². The Balaban J connectivity index is 2.33. The van der Waals surface area contributed by atoms with Gasteiger partial charge < -0.3 is 15.5 Å². The fourth-order valence-corrected chi connectivity index (χ4v) is 2.16. The maximum absolute atomic E-state index is 13.7. The van der Waals surface area contributed by atoms with Crippen LogP contribution in [0.3, 0.4) is 0 Å². The maximum atomic E-state index is 13.7. The quantitative estimate of drug-likeness (QED) is 0.773. The number of benzene rings is 1. The van der Waals surface area contributed by atoms with Crippen LogP contribution in [-0.4, -0.2) is 28.7 Å². The Labute approximate surface area is 106 Å². The smallest absolute Gasteiger partial charge is 0.338 e. The zero-order chi connectivity index (χ0) is 14.2. The van der Waals surface area contributed by atoms with Crippen LogP contribution < -0.4 is 5.32 Å². The minimum atomic E-state index is -1.49. The maximum Gasteiger partial charge on any atom is 0.338 e. The minimum Gasteiger partial charge on any atom is -0.481 e. The van der Waals surface area contributed by atoms with E-state index in [0.29, 0.717) is 6.07 Å². The van der Waals surface area contributed by atoms with Gasteiger partial charge in [0.05, 0.1) is 11.5 Å². The van der Waals surface area contributed by atoms with Gasteiger partial charge in [-0.2, -0.15) is 0 Å². The molecular weight excluding hydrogens is 260 g/mol. The Morgan fingerprint density at radius 2 is 1.89 bits per heavy atom. The van der Waals surface area contributed by atoms with Crippen molar-refractivity contribution in [2.75, 3.05) is 6.54 Å². The summed E-state index contributed by atoms with van der Waals surface area (Å²) in [5, 5.41) is 20.4. The Hall–Kier alpha value is -2.02. The summed E-state index contributed by atoms with van der Waals surface area (Å²) in [6.07, 6.45) is 0.136. The molecule has 0 spiro atoms. The molecule has 1 aliphatic heterocycles. The highest BCUT2D eigenvalue weighted by Crippen LogP contribution is 2.30. The van der Waals surface area contributed by atoms with Gasteiger partial charge in [0.25, 0.3) is 0 Å². The van der Waals surface area contributed by atoms with Gasteiger partial charge in [-0.3, -0.25) is 4.79 Å². The number of aromatic carboxylic acids is 1. The fraction of sp³-hybridized carbons (Fsp3) is 0.333. The molecule has 3 N–H and O–H groups in total. The van der Waals surface area contributed by atoms with E-state index < -0.39 is 41.1 Å². The first-order chi connectivity index (χ1) is 8.90. The molecule has 0 radical (unpaired) electrons. The van der Waals surface area contributed by atoms with Gasteiger partial charge in [0.15, 0.2) is 0 Å². The van der Waals surface area contributed by atoms with Crippen molar-refractivity contribution in [3.63, 3.8) is 0 Å². The number of carboxylic acids is 2. The van der Waals surface area contributed by atoms with Crippen LogP contribution in [0.15, 0.2) is 12.1 Å². The third-order valence-corrected chi connectivity index (χ3v) is 3.17. The van der Waals surface area contributed by atoms with Gasteiger partial charge in [-0.1, -0.05) is 0 Å². The first-order valence-electron chi connectivity index (χ1n) is 5.58. The van der Waals surface area contributed by atoms with Crippen LogP contribution in [0.2, 0.25) is 0 Å². The van der Waals surface area contributed by atoms with Crippen molar-refractivity contribution < 1.29 is 28.6 Å². The highest BCUT2D eigenvalue weighted by atomic mass is 19.1. The molecule has 2 atom stereocenters. The molecule has 1 aromatic rings. The second-order valence-corrected chi connectivity index (χ2v) is 4.39. The van der Waals surface area contributed by atoms with Crippen LogP contribution in [0, 0.1) is 17.6 Å². The van der Waals surface area contributed by atoms with Gasteiger partial charge in [-0.05, 0) is 12.5 Å². The molecule has 2 rings (SSSR count). The van der Waals surface area contributed by atoms with Crippen molar-refractivity contribution in [2.24, 2.45) is 5.92 Å². The van der Waals surface area contributed by atoms with E-state index in [9.17, 15) is 18.4 Å². The Bertz CT molecular complexity index is 547. The standard InChI is InChI=1S/C12H11F2NO4/c13-8-3-9(14)7(12(18)19)2-6(8)10-1-5(4-15-10)11(16)17/h2-3,5,10,15H,1,4H2,(H,16,17)(H,18,19). The molecule has 0 aromatic heterocycles.